The Morgan fingerprint density at radius 2 is 1.91 bits per heavy atom. The number of amides is 1. The molecule has 0 saturated carbocycles. The van der Waals surface area contributed by atoms with Gasteiger partial charge >= 0.3 is 0 Å². The van der Waals surface area contributed by atoms with Gasteiger partial charge in [-0.25, -0.2) is 5.10 Å². The van der Waals surface area contributed by atoms with Crippen molar-refractivity contribution in [2.75, 3.05) is 19.7 Å². The van der Waals surface area contributed by atoms with Crippen molar-refractivity contribution in [1.29, 1.82) is 0 Å². The van der Waals surface area contributed by atoms with Crippen molar-refractivity contribution in [3.05, 3.63) is 87.9 Å². The highest BCUT2D eigenvalue weighted by Crippen LogP contribution is 2.27. The van der Waals surface area contributed by atoms with E-state index in [1.54, 1.807) is 29.2 Å². The van der Waals surface area contributed by atoms with Crippen LogP contribution in [0.5, 0.6) is 0 Å². The Kier molecular flexibility index (Phi) is 5.95. The minimum atomic E-state index is -0.312. The number of benzene rings is 2. The van der Waals surface area contributed by atoms with Crippen LogP contribution in [0.3, 0.4) is 0 Å². The number of nitrogens with one attached hydrogen (secondary N) is 1. The summed E-state index contributed by atoms with van der Waals surface area (Å²) in [5.74, 6) is 0.868. The molecular formula is C24H23N5O4. The molecule has 3 heterocycles. The smallest absolute Gasteiger partial charge is 0.274 e. The van der Waals surface area contributed by atoms with Gasteiger partial charge in [0.25, 0.3) is 11.5 Å². The molecule has 9 nitrogen and oxygen atoms in total. The fourth-order valence-corrected chi connectivity index (χ4v) is 4.04. The molecular weight excluding hydrogens is 422 g/mol. The molecule has 0 spiro atoms. The first-order chi connectivity index (χ1) is 16.2. The molecule has 9 heteroatoms. The predicted molar refractivity (Wildman–Crippen MR) is 120 cm³/mol. The Balaban J connectivity index is 1.19. The molecule has 4 aromatic rings. The van der Waals surface area contributed by atoms with Crippen LogP contribution < -0.4 is 5.56 Å². The average Bonchev–Trinajstić information content (AvgIpc) is 3.53. The van der Waals surface area contributed by atoms with Crippen LogP contribution >= 0.6 is 0 Å². The number of rotatable bonds is 7. The number of H-pyrrole nitrogens is 1. The van der Waals surface area contributed by atoms with Crippen LogP contribution in [0.4, 0.5) is 0 Å². The van der Waals surface area contributed by atoms with E-state index in [4.69, 9.17) is 9.26 Å². The van der Waals surface area contributed by atoms with Crippen molar-refractivity contribution in [3.63, 3.8) is 0 Å². The van der Waals surface area contributed by atoms with Crippen LogP contribution in [0.1, 0.15) is 40.1 Å². The third-order valence-electron chi connectivity index (χ3n) is 5.79. The lowest BCUT2D eigenvalue weighted by Gasteiger charge is -2.16. The maximum absolute atomic E-state index is 13.1. The molecule has 0 radical (unpaired) electrons. The molecule has 1 aliphatic heterocycles. The van der Waals surface area contributed by atoms with Crippen LogP contribution in [-0.2, 0) is 17.8 Å². The van der Waals surface area contributed by atoms with Gasteiger partial charge in [-0.05, 0) is 18.1 Å². The molecule has 5 rings (SSSR count). The van der Waals surface area contributed by atoms with E-state index in [0.717, 1.165) is 12.0 Å². The Bertz CT molecular complexity index is 1320. The molecule has 1 unspecified atom stereocenters. The largest absolute Gasteiger partial charge is 0.376 e. The highest BCUT2D eigenvalue weighted by molar-refractivity contribution is 6.04. The number of nitrogens with zero attached hydrogens (tertiary/aromatic N) is 4. The maximum Gasteiger partial charge on any atom is 0.274 e. The number of carbonyl (C=O) groups is 1. The molecule has 1 N–H and O–H groups in total. The number of ether oxygens (including phenoxy) is 1. The normalized spacial score (nSPS) is 15.9. The second-order valence-electron chi connectivity index (χ2n) is 8.02. The molecule has 33 heavy (non-hydrogen) atoms. The summed E-state index contributed by atoms with van der Waals surface area (Å²) >= 11 is 0. The highest BCUT2D eigenvalue weighted by atomic mass is 16.5. The van der Waals surface area contributed by atoms with Crippen LogP contribution in [0.2, 0.25) is 0 Å². The van der Waals surface area contributed by atoms with Gasteiger partial charge in [0.2, 0.25) is 5.89 Å². The summed E-state index contributed by atoms with van der Waals surface area (Å²) in [5, 5.41) is 11.5. The molecule has 1 saturated heterocycles. The van der Waals surface area contributed by atoms with Gasteiger partial charge in [-0.1, -0.05) is 53.7 Å². The van der Waals surface area contributed by atoms with Gasteiger partial charge in [0, 0.05) is 24.9 Å². The molecule has 0 aliphatic carbocycles. The number of fused-ring (bicyclic) bond motifs is 1. The molecule has 1 amide bonds. The molecule has 168 valence electrons. The Morgan fingerprint density at radius 1 is 1.12 bits per heavy atom. The van der Waals surface area contributed by atoms with E-state index in [1.165, 1.54) is 0 Å². The zero-order chi connectivity index (χ0) is 22.6. The summed E-state index contributed by atoms with van der Waals surface area (Å²) < 4.78 is 11.2. The number of hydrogen-bond acceptors (Lipinski definition) is 7. The van der Waals surface area contributed by atoms with Gasteiger partial charge in [0.05, 0.1) is 24.5 Å². The fraction of sp³-hybridized carbons (Fsp3) is 0.292. The zero-order valence-electron chi connectivity index (χ0n) is 17.9. The van der Waals surface area contributed by atoms with Gasteiger partial charge in [-0.3, -0.25) is 9.59 Å². The summed E-state index contributed by atoms with van der Waals surface area (Å²) in [4.78, 5) is 31.3. The number of carbonyl (C=O) groups excluding carboxylic acids is 1. The molecule has 1 aliphatic rings. The lowest BCUT2D eigenvalue weighted by Crippen LogP contribution is -2.30. The van der Waals surface area contributed by atoms with Gasteiger partial charge in [-0.2, -0.15) is 10.1 Å². The first-order valence-corrected chi connectivity index (χ1v) is 10.9. The quantitative estimate of drug-likeness (QED) is 0.435. The third-order valence-corrected chi connectivity index (χ3v) is 5.79. The van der Waals surface area contributed by atoms with Crippen molar-refractivity contribution < 1.29 is 14.1 Å². The van der Waals surface area contributed by atoms with Crippen molar-refractivity contribution in [3.8, 4) is 0 Å². The molecule has 1 atom stereocenters. The van der Waals surface area contributed by atoms with Gasteiger partial charge in [0.15, 0.2) is 11.5 Å². The van der Waals surface area contributed by atoms with Crippen LogP contribution in [-0.4, -0.2) is 50.8 Å². The lowest BCUT2D eigenvalue weighted by molar-refractivity contribution is 0.0784. The molecule has 2 aromatic carbocycles. The monoisotopic (exact) mass is 445 g/mol. The van der Waals surface area contributed by atoms with E-state index >= 15 is 0 Å². The number of hydrogen-bond donors (Lipinski definition) is 1. The van der Waals surface area contributed by atoms with E-state index in [0.29, 0.717) is 55.2 Å². The van der Waals surface area contributed by atoms with E-state index in [1.807, 2.05) is 30.3 Å². The molecule has 1 fully saturated rings. The van der Waals surface area contributed by atoms with Crippen molar-refractivity contribution in [2.45, 2.75) is 25.4 Å². The maximum atomic E-state index is 13.1. The van der Waals surface area contributed by atoms with Crippen LogP contribution in [0.25, 0.3) is 10.8 Å². The van der Waals surface area contributed by atoms with E-state index in [9.17, 15) is 9.59 Å². The van der Waals surface area contributed by atoms with Gasteiger partial charge in [0.1, 0.15) is 0 Å². The number of likely N-dealkylation sites (tertiary alicyclic amines) is 1. The highest BCUT2D eigenvalue weighted by Gasteiger charge is 2.32. The van der Waals surface area contributed by atoms with Gasteiger partial charge < -0.3 is 14.2 Å². The third kappa shape index (κ3) is 4.54. The van der Waals surface area contributed by atoms with Gasteiger partial charge in [-0.15, -0.1) is 0 Å². The Hall–Kier alpha value is -3.85. The molecule has 2 aromatic heterocycles. The standard InChI is InChI=1S/C24H23N5O4/c30-22-19-9-5-4-8-18(19)21(26-27-22)24(31)29-12-10-17(14-29)23-25-20(28-33-23)11-13-32-15-16-6-2-1-3-7-16/h1-9,17H,10-15H2,(H,27,30). The van der Waals surface area contributed by atoms with Crippen molar-refractivity contribution >= 4 is 16.7 Å². The van der Waals surface area contributed by atoms with E-state index in [2.05, 4.69) is 20.3 Å². The topological polar surface area (TPSA) is 114 Å². The predicted octanol–water partition coefficient (Wildman–Crippen LogP) is 2.70. The summed E-state index contributed by atoms with van der Waals surface area (Å²) in [7, 11) is 0. The lowest BCUT2D eigenvalue weighted by atomic mass is 10.1. The first-order valence-electron chi connectivity index (χ1n) is 10.9. The second kappa shape index (κ2) is 9.33. The van der Waals surface area contributed by atoms with E-state index < -0.39 is 0 Å². The zero-order valence-corrected chi connectivity index (χ0v) is 17.9. The summed E-state index contributed by atoms with van der Waals surface area (Å²) in [6.07, 6.45) is 1.28. The number of aromatic amines is 1. The van der Waals surface area contributed by atoms with Crippen molar-refractivity contribution in [2.24, 2.45) is 0 Å². The Morgan fingerprint density at radius 3 is 2.76 bits per heavy atom. The number of aromatic nitrogens is 4. The first kappa shape index (κ1) is 21.0. The fourth-order valence-electron chi connectivity index (χ4n) is 4.04. The molecule has 0 bridgehead atoms. The SMILES string of the molecule is O=C(c1n[nH]c(=O)c2ccccc12)N1CCC(c2nc(CCOCc3ccccc3)no2)C1. The Labute approximate surface area is 189 Å². The van der Waals surface area contributed by atoms with Crippen molar-refractivity contribution in [1.82, 2.24) is 25.2 Å². The van der Waals surface area contributed by atoms with E-state index in [-0.39, 0.29) is 23.1 Å². The minimum Gasteiger partial charge on any atom is -0.376 e. The van der Waals surface area contributed by atoms with Crippen LogP contribution in [0, 0.1) is 0 Å². The summed E-state index contributed by atoms with van der Waals surface area (Å²) in [5.41, 5.74) is 1.05. The van der Waals surface area contributed by atoms with Crippen LogP contribution in [0.15, 0.2) is 63.9 Å². The minimum absolute atomic E-state index is 0.0329. The summed E-state index contributed by atoms with van der Waals surface area (Å²) in [6.45, 7) is 2.05. The summed E-state index contributed by atoms with van der Waals surface area (Å²) in [6, 6.07) is 16.9. The second-order valence-corrected chi connectivity index (χ2v) is 8.02. The average molecular weight is 445 g/mol.